The maximum absolute atomic E-state index is 8.94. The van der Waals surface area contributed by atoms with Gasteiger partial charge in [-0.15, -0.1) is 0 Å². The first-order valence-corrected chi connectivity index (χ1v) is 16.6. The molecule has 0 fully saturated rings. The minimum absolute atomic E-state index is 0.164. The van der Waals surface area contributed by atoms with Gasteiger partial charge in [-0.1, -0.05) is 141 Å². The molecule has 0 spiro atoms. The van der Waals surface area contributed by atoms with Crippen molar-refractivity contribution < 1.29 is 6.85 Å². The van der Waals surface area contributed by atoms with E-state index in [0.29, 0.717) is 0 Å². The number of hydrogen-bond donors (Lipinski definition) is 0. The van der Waals surface area contributed by atoms with Gasteiger partial charge < -0.3 is 9.47 Å². The summed E-state index contributed by atoms with van der Waals surface area (Å²) in [5.41, 5.74) is 11.3. The number of rotatable bonds is 6. The van der Waals surface area contributed by atoms with Crippen LogP contribution in [0.2, 0.25) is 0 Å². The highest BCUT2D eigenvalue weighted by molar-refractivity contribution is 6.13. The molecule has 7 aromatic carbocycles. The van der Waals surface area contributed by atoms with E-state index in [1.165, 1.54) is 5.56 Å². The molecule has 0 aliphatic heterocycles. The van der Waals surface area contributed by atoms with Crippen LogP contribution in [0.25, 0.3) is 50.8 Å². The molecule has 1 heterocycles. The second kappa shape index (κ2) is 11.5. The molecule has 0 unspecified atom stereocenters. The Hall–Kier alpha value is -6.12. The number of para-hydroxylation sites is 4. The largest absolute Gasteiger partial charge is 0.311 e. The topological polar surface area (TPSA) is 8.17 Å². The molecular formula is C47H36N2. The summed E-state index contributed by atoms with van der Waals surface area (Å²) >= 11 is 0. The predicted octanol–water partition coefficient (Wildman–Crippen LogP) is 12.7. The zero-order valence-corrected chi connectivity index (χ0v) is 27.3. The van der Waals surface area contributed by atoms with E-state index in [1.807, 2.05) is 41.0 Å². The normalized spacial score (nSPS) is 14.6. The molecule has 2 nitrogen and oxygen atoms in total. The molecule has 9 rings (SSSR count). The molecule has 0 amide bonds. The van der Waals surface area contributed by atoms with Crippen LogP contribution in [0.5, 0.6) is 0 Å². The van der Waals surface area contributed by atoms with Crippen molar-refractivity contribution >= 4 is 51.0 Å². The van der Waals surface area contributed by atoms with Crippen LogP contribution in [-0.2, 0) is 5.41 Å². The Morgan fingerprint density at radius 2 is 1.16 bits per heavy atom. The third-order valence-corrected chi connectivity index (χ3v) is 9.83. The van der Waals surface area contributed by atoms with Crippen LogP contribution in [-0.4, -0.2) is 4.57 Å². The Kier molecular flexibility index (Phi) is 5.67. The Balaban J connectivity index is 1.11. The maximum Gasteiger partial charge on any atom is 0.0645 e. The third kappa shape index (κ3) is 4.79. The number of aromatic nitrogens is 1. The van der Waals surface area contributed by atoms with Crippen LogP contribution < -0.4 is 4.90 Å². The van der Waals surface area contributed by atoms with Gasteiger partial charge in [-0.3, -0.25) is 0 Å². The average Bonchev–Trinajstić information content (AvgIpc) is 3.65. The van der Waals surface area contributed by atoms with E-state index in [2.05, 4.69) is 134 Å². The molecule has 0 N–H and O–H groups in total. The first-order valence-electron chi connectivity index (χ1n) is 19.1. The molecule has 49 heavy (non-hydrogen) atoms. The van der Waals surface area contributed by atoms with Gasteiger partial charge in [-0.25, -0.2) is 0 Å². The van der Waals surface area contributed by atoms with E-state index in [-0.39, 0.29) is 29.9 Å². The summed E-state index contributed by atoms with van der Waals surface area (Å²) in [4.78, 5) is 2.25. The molecule has 0 bridgehead atoms. The smallest absolute Gasteiger partial charge is 0.0645 e. The van der Waals surface area contributed by atoms with Crippen molar-refractivity contribution in [2.75, 3.05) is 4.90 Å². The Morgan fingerprint density at radius 1 is 0.571 bits per heavy atom. The summed E-state index contributed by atoms with van der Waals surface area (Å²) in [7, 11) is 0. The number of anilines is 3. The van der Waals surface area contributed by atoms with Gasteiger partial charge in [0.25, 0.3) is 0 Å². The van der Waals surface area contributed by atoms with E-state index >= 15 is 0 Å². The SMILES string of the molecule is [2H]c1c([2H])c([2H])c(-n2c3ccccc3c3ccc4c(c32)C(C)(C)c2cc(/C=C/c3ccc(N(c5ccccc5)c5ccccc5)cc3)ccc2-4)c([2H])c1[2H]. The van der Waals surface area contributed by atoms with Gasteiger partial charge in [0.05, 0.1) is 17.9 Å². The van der Waals surface area contributed by atoms with Crippen LogP contribution in [0.3, 0.4) is 0 Å². The summed E-state index contributed by atoms with van der Waals surface area (Å²) in [6.07, 6.45) is 4.30. The van der Waals surface area contributed by atoms with Gasteiger partial charge in [-0.05, 0) is 87.9 Å². The quantitative estimate of drug-likeness (QED) is 0.165. The fourth-order valence-corrected chi connectivity index (χ4v) is 7.58. The van der Waals surface area contributed by atoms with Crippen LogP contribution in [0, 0.1) is 0 Å². The van der Waals surface area contributed by atoms with Gasteiger partial charge in [0.2, 0.25) is 0 Å². The first kappa shape index (κ1) is 24.1. The number of fused-ring (bicyclic) bond motifs is 7. The Labute approximate surface area is 294 Å². The van der Waals surface area contributed by atoms with Crippen molar-refractivity contribution in [2.45, 2.75) is 19.3 Å². The zero-order valence-electron chi connectivity index (χ0n) is 32.3. The second-order valence-electron chi connectivity index (χ2n) is 13.1. The lowest BCUT2D eigenvalue weighted by Gasteiger charge is -2.25. The molecule has 1 aliphatic rings. The molecule has 2 heteroatoms. The highest BCUT2D eigenvalue weighted by Gasteiger charge is 2.38. The highest BCUT2D eigenvalue weighted by Crippen LogP contribution is 2.53. The van der Waals surface area contributed by atoms with Crippen LogP contribution in [0.1, 0.15) is 43.0 Å². The average molecular weight is 634 g/mol. The van der Waals surface area contributed by atoms with E-state index in [0.717, 1.165) is 66.7 Å². The summed E-state index contributed by atoms with van der Waals surface area (Å²) in [6, 6.07) is 46.7. The van der Waals surface area contributed by atoms with Crippen LogP contribution in [0.15, 0.2) is 170 Å². The first-order chi connectivity index (χ1) is 26.1. The van der Waals surface area contributed by atoms with Crippen LogP contribution >= 0.6 is 0 Å². The van der Waals surface area contributed by atoms with E-state index in [4.69, 9.17) is 6.85 Å². The zero-order chi connectivity index (χ0) is 37.3. The van der Waals surface area contributed by atoms with Gasteiger partial charge in [-0.2, -0.15) is 0 Å². The molecule has 0 saturated carbocycles. The fourth-order valence-electron chi connectivity index (χ4n) is 7.58. The monoisotopic (exact) mass is 633 g/mol. The van der Waals surface area contributed by atoms with Crippen molar-refractivity contribution in [1.29, 1.82) is 0 Å². The number of hydrogen-bond acceptors (Lipinski definition) is 1. The van der Waals surface area contributed by atoms with Crippen molar-refractivity contribution in [3.05, 3.63) is 192 Å². The second-order valence-corrected chi connectivity index (χ2v) is 13.1. The van der Waals surface area contributed by atoms with E-state index in [9.17, 15) is 0 Å². The molecule has 1 aromatic heterocycles. The highest BCUT2D eigenvalue weighted by atomic mass is 15.1. The van der Waals surface area contributed by atoms with Crippen molar-refractivity contribution in [2.24, 2.45) is 0 Å². The van der Waals surface area contributed by atoms with Crippen molar-refractivity contribution in [3.63, 3.8) is 0 Å². The number of nitrogens with zero attached hydrogens (tertiary/aromatic N) is 2. The van der Waals surface area contributed by atoms with Gasteiger partial charge in [0, 0.05) is 38.9 Å². The number of benzene rings is 7. The Morgan fingerprint density at radius 3 is 1.88 bits per heavy atom. The van der Waals surface area contributed by atoms with Crippen molar-refractivity contribution in [3.8, 4) is 16.8 Å². The molecule has 1 aliphatic carbocycles. The minimum atomic E-state index is -0.451. The summed E-state index contributed by atoms with van der Waals surface area (Å²) in [6.45, 7) is 4.44. The van der Waals surface area contributed by atoms with Gasteiger partial charge >= 0.3 is 0 Å². The van der Waals surface area contributed by atoms with Gasteiger partial charge in [0.15, 0.2) is 0 Å². The summed E-state index contributed by atoms with van der Waals surface area (Å²) < 4.78 is 45.0. The summed E-state index contributed by atoms with van der Waals surface area (Å²) in [5, 5.41) is 1.96. The van der Waals surface area contributed by atoms with E-state index in [1.54, 1.807) is 0 Å². The fraction of sp³-hybridized carbons (Fsp3) is 0.0638. The molecular weight excluding hydrogens is 593 g/mol. The molecule has 234 valence electrons. The third-order valence-electron chi connectivity index (χ3n) is 9.83. The van der Waals surface area contributed by atoms with Crippen molar-refractivity contribution in [1.82, 2.24) is 4.57 Å². The van der Waals surface area contributed by atoms with Gasteiger partial charge in [0.1, 0.15) is 0 Å². The molecule has 0 saturated heterocycles. The lowest BCUT2D eigenvalue weighted by Crippen LogP contribution is -2.16. The molecule has 0 radical (unpaired) electrons. The maximum atomic E-state index is 8.94. The van der Waals surface area contributed by atoms with Crippen LogP contribution in [0.4, 0.5) is 17.1 Å². The molecule has 0 atom stereocenters. The lowest BCUT2D eigenvalue weighted by atomic mass is 9.81. The Bertz CT molecular complexity index is 2720. The minimum Gasteiger partial charge on any atom is -0.311 e. The standard InChI is InChI=1S/C47H36N2/c1-47(2)43-32-34(23-22-33-24-27-38(28-25-33)48(35-14-6-3-7-15-35)36-16-8-4-9-17-36)26-29-39(43)41-30-31-42-40-20-12-13-21-44(40)49(46(42)45(41)47)37-18-10-5-11-19-37/h3-32H,1-2H3/b23-22+/i5D,10D,11D,18D,19D. The van der Waals surface area contributed by atoms with E-state index < -0.39 is 11.5 Å². The lowest BCUT2D eigenvalue weighted by molar-refractivity contribution is 0.663. The molecule has 8 aromatic rings. The summed E-state index contributed by atoms with van der Waals surface area (Å²) in [5.74, 6) is 0. The predicted molar refractivity (Wildman–Crippen MR) is 208 cm³/mol.